The van der Waals surface area contributed by atoms with Crippen LogP contribution in [0.1, 0.15) is 17.5 Å². The first-order chi connectivity index (χ1) is 17.9. The van der Waals surface area contributed by atoms with Crippen LogP contribution in [0.4, 0.5) is 9.59 Å². The fraction of sp³-hybridized carbons (Fsp3) is 0.385. The summed E-state index contributed by atoms with van der Waals surface area (Å²) in [5, 5.41) is 7.96. The molecule has 2 aromatic carbocycles. The van der Waals surface area contributed by atoms with Gasteiger partial charge in [-0.05, 0) is 18.2 Å². The number of hydrogen-bond acceptors (Lipinski definition) is 8. The van der Waals surface area contributed by atoms with Gasteiger partial charge < -0.3 is 35.1 Å². The average Bonchev–Trinajstić information content (AvgIpc) is 2.93. The van der Waals surface area contributed by atoms with E-state index in [1.807, 2.05) is 60.7 Å². The zero-order valence-corrected chi connectivity index (χ0v) is 21.1. The summed E-state index contributed by atoms with van der Waals surface area (Å²) in [5.41, 5.74) is 1.70. The van der Waals surface area contributed by atoms with Crippen LogP contribution in [0, 0.1) is 0 Å². The van der Waals surface area contributed by atoms with Crippen LogP contribution in [-0.2, 0) is 37.0 Å². The summed E-state index contributed by atoms with van der Waals surface area (Å²) in [6, 6.07) is 17.6. The second kappa shape index (κ2) is 16.5. The monoisotopic (exact) mass is 514 g/mol. The predicted octanol–water partition coefficient (Wildman–Crippen LogP) is 1.82. The van der Waals surface area contributed by atoms with Crippen LogP contribution in [0.5, 0.6) is 0 Å². The first kappa shape index (κ1) is 29.1. The van der Waals surface area contributed by atoms with Crippen LogP contribution in [-0.4, -0.2) is 75.3 Å². The zero-order chi connectivity index (χ0) is 26.9. The van der Waals surface area contributed by atoms with Gasteiger partial charge in [0.15, 0.2) is 0 Å². The number of carbonyl (C=O) groups is 4. The van der Waals surface area contributed by atoms with Crippen LogP contribution in [0.25, 0.3) is 0 Å². The molecule has 200 valence electrons. The second-order valence-electron chi connectivity index (χ2n) is 7.93. The molecule has 2 rings (SSSR count). The molecule has 0 spiro atoms. The van der Waals surface area contributed by atoms with Crippen molar-refractivity contribution < 1.29 is 33.4 Å². The van der Waals surface area contributed by atoms with Crippen LogP contribution < -0.4 is 16.0 Å². The number of alkyl carbamates (subject to hydrolysis) is 2. The zero-order valence-electron chi connectivity index (χ0n) is 21.1. The highest BCUT2D eigenvalue weighted by molar-refractivity contribution is 5.85. The number of carbonyl (C=O) groups excluding carboxylic acids is 4. The molecule has 0 fully saturated rings. The van der Waals surface area contributed by atoms with Gasteiger partial charge in [0.05, 0.1) is 13.5 Å². The highest BCUT2D eigenvalue weighted by atomic mass is 16.6. The normalized spacial score (nSPS) is 11.1. The molecule has 2 aromatic rings. The lowest BCUT2D eigenvalue weighted by atomic mass is 10.2. The number of nitrogens with one attached hydrogen (secondary N) is 3. The number of methoxy groups -OCH3 is 1. The Morgan fingerprint density at radius 2 is 1.24 bits per heavy atom. The fourth-order valence-corrected chi connectivity index (χ4v) is 3.24. The van der Waals surface area contributed by atoms with Crippen molar-refractivity contribution in [3.05, 3.63) is 71.8 Å². The molecule has 0 heterocycles. The van der Waals surface area contributed by atoms with Crippen molar-refractivity contribution in [2.45, 2.75) is 25.7 Å². The number of nitrogens with zero attached hydrogens (tertiary/aromatic N) is 1. The smallest absolute Gasteiger partial charge is 0.407 e. The van der Waals surface area contributed by atoms with Crippen molar-refractivity contribution in [3.63, 3.8) is 0 Å². The Kier molecular flexibility index (Phi) is 13.0. The highest BCUT2D eigenvalue weighted by Gasteiger charge is 2.24. The Balaban J connectivity index is 1.83. The average molecular weight is 515 g/mol. The molecule has 1 atom stereocenters. The summed E-state index contributed by atoms with van der Waals surface area (Å²) in [7, 11) is 2.79. The molecule has 0 unspecified atom stereocenters. The van der Waals surface area contributed by atoms with E-state index in [9.17, 15) is 19.2 Å². The van der Waals surface area contributed by atoms with E-state index in [0.717, 1.165) is 11.1 Å². The largest absolute Gasteiger partial charge is 0.468 e. The first-order valence-corrected chi connectivity index (χ1v) is 11.8. The Morgan fingerprint density at radius 1 is 0.784 bits per heavy atom. The Morgan fingerprint density at radius 3 is 1.65 bits per heavy atom. The van der Waals surface area contributed by atoms with Crippen molar-refractivity contribution in [1.29, 1.82) is 0 Å². The first-order valence-electron chi connectivity index (χ1n) is 11.8. The maximum atomic E-state index is 12.9. The minimum Gasteiger partial charge on any atom is -0.468 e. The molecule has 0 radical (unpaired) electrons. The third-order valence-corrected chi connectivity index (χ3v) is 5.29. The fourth-order valence-electron chi connectivity index (χ4n) is 3.24. The van der Waals surface area contributed by atoms with Gasteiger partial charge in [0, 0.05) is 26.2 Å². The Labute approximate surface area is 216 Å². The second-order valence-corrected chi connectivity index (χ2v) is 7.93. The van der Waals surface area contributed by atoms with Crippen molar-refractivity contribution in [3.8, 4) is 0 Å². The van der Waals surface area contributed by atoms with Gasteiger partial charge in [-0.25, -0.2) is 9.59 Å². The summed E-state index contributed by atoms with van der Waals surface area (Å²) in [6.07, 6.45) is -1.40. The number of hydrogen-bond donors (Lipinski definition) is 3. The van der Waals surface area contributed by atoms with Gasteiger partial charge in [-0.2, -0.15) is 0 Å². The summed E-state index contributed by atoms with van der Waals surface area (Å²) in [4.78, 5) is 50.3. The third kappa shape index (κ3) is 11.4. The van der Waals surface area contributed by atoms with E-state index in [4.69, 9.17) is 14.2 Å². The van der Waals surface area contributed by atoms with Crippen LogP contribution in [0.2, 0.25) is 0 Å². The number of ether oxygens (including phenoxy) is 3. The molecule has 0 bridgehead atoms. The van der Waals surface area contributed by atoms with Gasteiger partial charge in [0.2, 0.25) is 5.91 Å². The van der Waals surface area contributed by atoms with Gasteiger partial charge in [-0.15, -0.1) is 0 Å². The van der Waals surface area contributed by atoms with E-state index in [1.54, 1.807) is 7.05 Å². The van der Waals surface area contributed by atoms with Crippen molar-refractivity contribution in [2.75, 3.05) is 40.3 Å². The highest BCUT2D eigenvalue weighted by Crippen LogP contribution is 2.03. The lowest BCUT2D eigenvalue weighted by Crippen LogP contribution is -2.46. The van der Waals surface area contributed by atoms with Crippen molar-refractivity contribution in [2.24, 2.45) is 0 Å². The number of esters is 1. The van der Waals surface area contributed by atoms with Gasteiger partial charge in [-0.3, -0.25) is 9.59 Å². The molecule has 0 aliphatic carbocycles. The van der Waals surface area contributed by atoms with Gasteiger partial charge in [0.1, 0.15) is 19.3 Å². The lowest BCUT2D eigenvalue weighted by Gasteiger charge is -2.25. The van der Waals surface area contributed by atoms with Gasteiger partial charge in [-0.1, -0.05) is 60.7 Å². The molecular weight excluding hydrogens is 480 g/mol. The molecule has 0 aromatic heterocycles. The van der Waals surface area contributed by atoms with E-state index in [2.05, 4.69) is 16.0 Å². The third-order valence-electron chi connectivity index (χ3n) is 5.29. The van der Waals surface area contributed by atoms with Crippen LogP contribution in [0.15, 0.2) is 60.7 Å². The van der Waals surface area contributed by atoms with Crippen molar-refractivity contribution in [1.82, 2.24) is 20.9 Å². The molecule has 3 N–H and O–H groups in total. The minimum atomic E-state index is -0.826. The maximum Gasteiger partial charge on any atom is 0.407 e. The number of likely N-dealkylation sites (N-methyl/N-ethyl adjacent to an activating group) is 1. The summed E-state index contributed by atoms with van der Waals surface area (Å²) in [6.45, 7) is 0.733. The summed E-state index contributed by atoms with van der Waals surface area (Å²) >= 11 is 0. The van der Waals surface area contributed by atoms with E-state index < -0.39 is 24.2 Å². The number of benzene rings is 2. The standard InChI is InChI=1S/C26H34N4O7/c1-27-22(24(32)35-2)17-23(31)30(15-13-28-25(33)36-18-20-9-5-3-6-10-20)16-14-29-26(34)37-19-21-11-7-4-8-12-21/h3-12,22,27H,13-19H2,1-2H3,(H,28,33)(H,29,34)/t22-/m0/s1. The molecule has 0 saturated heterocycles. The SMILES string of the molecule is CN[C@@H](CC(=O)N(CCNC(=O)OCc1ccccc1)CCNC(=O)OCc1ccccc1)C(=O)OC. The van der Waals surface area contributed by atoms with Crippen LogP contribution >= 0.6 is 0 Å². The Bertz CT molecular complexity index is 927. The van der Waals surface area contributed by atoms with E-state index in [0.29, 0.717) is 0 Å². The molecule has 37 heavy (non-hydrogen) atoms. The molecular formula is C26H34N4O7. The molecule has 3 amide bonds. The molecule has 11 nitrogen and oxygen atoms in total. The van der Waals surface area contributed by atoms with E-state index in [1.165, 1.54) is 12.0 Å². The maximum absolute atomic E-state index is 12.9. The van der Waals surface area contributed by atoms with Crippen LogP contribution in [0.3, 0.4) is 0 Å². The molecule has 0 aliphatic heterocycles. The van der Waals surface area contributed by atoms with Crippen molar-refractivity contribution >= 4 is 24.1 Å². The molecule has 0 aliphatic rings. The van der Waals surface area contributed by atoms with Gasteiger partial charge >= 0.3 is 18.2 Å². The summed E-state index contributed by atoms with van der Waals surface area (Å²) < 4.78 is 15.1. The lowest BCUT2D eigenvalue weighted by molar-refractivity contribution is -0.146. The van der Waals surface area contributed by atoms with Gasteiger partial charge in [0.25, 0.3) is 0 Å². The predicted molar refractivity (Wildman–Crippen MR) is 135 cm³/mol. The topological polar surface area (TPSA) is 135 Å². The molecule has 0 saturated carbocycles. The quantitative estimate of drug-likeness (QED) is 0.257. The minimum absolute atomic E-state index is 0.111. The van der Waals surface area contributed by atoms with E-state index >= 15 is 0 Å². The number of amides is 3. The molecule has 11 heteroatoms. The Hall–Kier alpha value is -4.12. The summed E-state index contributed by atoms with van der Waals surface area (Å²) in [5.74, 6) is -0.926. The van der Waals surface area contributed by atoms with E-state index in [-0.39, 0.29) is 51.7 Å². The number of rotatable bonds is 14.